The van der Waals surface area contributed by atoms with Crippen molar-refractivity contribution in [3.8, 4) is 0 Å². The van der Waals surface area contributed by atoms with Crippen molar-refractivity contribution in [3.05, 3.63) is 30.1 Å². The largest absolute Gasteiger partial charge is 0.306 e. The van der Waals surface area contributed by atoms with Crippen molar-refractivity contribution in [1.29, 1.82) is 0 Å². The van der Waals surface area contributed by atoms with E-state index in [-0.39, 0.29) is 5.82 Å². The van der Waals surface area contributed by atoms with Crippen molar-refractivity contribution in [2.45, 2.75) is 6.92 Å². The van der Waals surface area contributed by atoms with Crippen LogP contribution < -0.4 is 3.93 Å². The SMILES string of the molecule is CCN(Br)c1ccccc1F. The normalized spacial score (nSPS) is 9.73. The first-order valence-electron chi connectivity index (χ1n) is 3.43. The molecular weight excluding hydrogens is 209 g/mol. The molecule has 1 aromatic carbocycles. The van der Waals surface area contributed by atoms with E-state index >= 15 is 0 Å². The molecular formula is C8H9BrFN. The maximum absolute atomic E-state index is 13.0. The summed E-state index contributed by atoms with van der Waals surface area (Å²) in [5, 5.41) is 0. The minimum Gasteiger partial charge on any atom is -0.306 e. The summed E-state index contributed by atoms with van der Waals surface area (Å²) in [7, 11) is 0. The van der Waals surface area contributed by atoms with Crippen LogP contribution in [0, 0.1) is 5.82 Å². The zero-order valence-corrected chi connectivity index (χ0v) is 7.81. The van der Waals surface area contributed by atoms with Crippen molar-refractivity contribution >= 4 is 21.8 Å². The Hall–Kier alpha value is -0.570. The molecule has 0 aliphatic carbocycles. The lowest BCUT2D eigenvalue weighted by Gasteiger charge is -2.13. The molecule has 0 aliphatic rings. The topological polar surface area (TPSA) is 3.24 Å². The predicted octanol–water partition coefficient (Wildman–Crippen LogP) is 2.96. The summed E-state index contributed by atoms with van der Waals surface area (Å²) >= 11 is 3.23. The van der Waals surface area contributed by atoms with Gasteiger partial charge in [-0.05, 0) is 19.1 Å². The van der Waals surface area contributed by atoms with Crippen LogP contribution in [0.4, 0.5) is 10.1 Å². The van der Waals surface area contributed by atoms with E-state index in [1.807, 2.05) is 13.0 Å². The van der Waals surface area contributed by atoms with E-state index < -0.39 is 0 Å². The number of hydrogen-bond donors (Lipinski definition) is 0. The van der Waals surface area contributed by atoms with Crippen LogP contribution in [-0.2, 0) is 0 Å². The smallest absolute Gasteiger partial charge is 0.147 e. The molecule has 11 heavy (non-hydrogen) atoms. The molecule has 0 atom stereocenters. The van der Waals surface area contributed by atoms with Gasteiger partial charge in [0.15, 0.2) is 0 Å². The Morgan fingerprint density at radius 2 is 2.09 bits per heavy atom. The molecule has 60 valence electrons. The second kappa shape index (κ2) is 3.72. The zero-order chi connectivity index (χ0) is 8.27. The Morgan fingerprint density at radius 3 is 2.64 bits per heavy atom. The fourth-order valence-corrected chi connectivity index (χ4v) is 1.11. The maximum atomic E-state index is 13.0. The number of rotatable bonds is 2. The number of para-hydroxylation sites is 1. The lowest BCUT2D eigenvalue weighted by molar-refractivity contribution is 0.628. The Balaban J connectivity index is 2.93. The first-order valence-corrected chi connectivity index (χ1v) is 4.14. The molecule has 0 N–H and O–H groups in total. The molecule has 0 heterocycles. The van der Waals surface area contributed by atoms with Crippen molar-refractivity contribution < 1.29 is 4.39 Å². The summed E-state index contributed by atoms with van der Waals surface area (Å²) in [6, 6.07) is 6.66. The zero-order valence-electron chi connectivity index (χ0n) is 6.22. The molecule has 0 radical (unpaired) electrons. The van der Waals surface area contributed by atoms with Crippen LogP contribution in [0.3, 0.4) is 0 Å². The maximum Gasteiger partial charge on any atom is 0.147 e. The predicted molar refractivity (Wildman–Crippen MR) is 48.3 cm³/mol. The van der Waals surface area contributed by atoms with E-state index in [0.717, 1.165) is 6.54 Å². The number of halogens is 2. The molecule has 0 aromatic heterocycles. The highest BCUT2D eigenvalue weighted by molar-refractivity contribution is 9.10. The summed E-state index contributed by atoms with van der Waals surface area (Å²) in [5.41, 5.74) is 0.579. The number of hydrogen-bond acceptors (Lipinski definition) is 1. The van der Waals surface area contributed by atoms with E-state index in [2.05, 4.69) is 16.1 Å². The Labute approximate surface area is 74.2 Å². The van der Waals surface area contributed by atoms with E-state index in [4.69, 9.17) is 0 Å². The number of benzene rings is 1. The van der Waals surface area contributed by atoms with Crippen molar-refractivity contribution in [1.82, 2.24) is 0 Å². The molecule has 1 nitrogen and oxygen atoms in total. The van der Waals surface area contributed by atoms with Gasteiger partial charge in [0.1, 0.15) is 5.82 Å². The second-order valence-corrected chi connectivity index (χ2v) is 2.99. The van der Waals surface area contributed by atoms with Gasteiger partial charge in [0, 0.05) is 22.7 Å². The Bertz CT molecular complexity index is 239. The first-order chi connectivity index (χ1) is 5.25. The van der Waals surface area contributed by atoms with Crippen LogP contribution in [0.25, 0.3) is 0 Å². The van der Waals surface area contributed by atoms with Gasteiger partial charge in [-0.2, -0.15) is 0 Å². The lowest BCUT2D eigenvalue weighted by Crippen LogP contribution is -2.08. The Morgan fingerprint density at radius 1 is 1.45 bits per heavy atom. The third-order valence-corrected chi connectivity index (χ3v) is 2.28. The van der Waals surface area contributed by atoms with E-state index in [0.29, 0.717) is 5.69 Å². The minimum absolute atomic E-state index is 0.203. The van der Waals surface area contributed by atoms with Gasteiger partial charge >= 0.3 is 0 Å². The highest BCUT2D eigenvalue weighted by atomic mass is 79.9. The molecule has 1 rings (SSSR count). The molecule has 1 aromatic rings. The quantitative estimate of drug-likeness (QED) is 0.689. The standard InChI is InChI=1S/C8H9BrFN/c1-2-11(9)8-6-4-3-5-7(8)10/h3-6H,2H2,1H3. The summed E-state index contributed by atoms with van der Waals surface area (Å²) in [6.45, 7) is 2.68. The fraction of sp³-hybridized carbons (Fsp3) is 0.250. The summed E-state index contributed by atoms with van der Waals surface area (Å²) in [4.78, 5) is 0. The van der Waals surface area contributed by atoms with Crippen molar-refractivity contribution in [2.75, 3.05) is 10.5 Å². The van der Waals surface area contributed by atoms with Crippen LogP contribution in [-0.4, -0.2) is 6.54 Å². The summed E-state index contributed by atoms with van der Waals surface area (Å²) in [6.07, 6.45) is 0. The van der Waals surface area contributed by atoms with E-state index in [9.17, 15) is 4.39 Å². The molecule has 0 aliphatic heterocycles. The molecule has 3 heteroatoms. The molecule has 0 fully saturated rings. The van der Waals surface area contributed by atoms with Crippen LogP contribution in [0.5, 0.6) is 0 Å². The minimum atomic E-state index is -0.203. The molecule has 0 unspecified atom stereocenters. The fourth-order valence-electron chi connectivity index (χ4n) is 0.819. The van der Waals surface area contributed by atoms with Gasteiger partial charge in [0.25, 0.3) is 0 Å². The number of anilines is 1. The van der Waals surface area contributed by atoms with Crippen molar-refractivity contribution in [2.24, 2.45) is 0 Å². The molecule has 0 saturated carbocycles. The van der Waals surface area contributed by atoms with Gasteiger partial charge in [-0.3, -0.25) is 0 Å². The van der Waals surface area contributed by atoms with Crippen LogP contribution in [0.2, 0.25) is 0 Å². The second-order valence-electron chi connectivity index (χ2n) is 2.13. The highest BCUT2D eigenvalue weighted by Gasteiger charge is 2.04. The summed E-state index contributed by atoms with van der Waals surface area (Å²) in [5.74, 6) is -0.203. The van der Waals surface area contributed by atoms with Gasteiger partial charge < -0.3 is 3.93 Å². The monoisotopic (exact) mass is 217 g/mol. The third kappa shape index (κ3) is 1.93. The van der Waals surface area contributed by atoms with Crippen molar-refractivity contribution in [3.63, 3.8) is 0 Å². The number of nitrogens with zero attached hydrogens (tertiary/aromatic N) is 1. The van der Waals surface area contributed by atoms with Crippen LogP contribution in [0.15, 0.2) is 24.3 Å². The molecule has 0 amide bonds. The first kappa shape index (κ1) is 8.53. The van der Waals surface area contributed by atoms with Gasteiger partial charge in [-0.1, -0.05) is 12.1 Å². The van der Waals surface area contributed by atoms with Gasteiger partial charge in [-0.15, -0.1) is 0 Å². The molecule has 0 bridgehead atoms. The Kier molecular flexibility index (Phi) is 2.88. The van der Waals surface area contributed by atoms with Gasteiger partial charge in [0.05, 0.1) is 5.69 Å². The van der Waals surface area contributed by atoms with Crippen LogP contribution >= 0.6 is 16.1 Å². The van der Waals surface area contributed by atoms with Crippen LogP contribution in [0.1, 0.15) is 6.92 Å². The van der Waals surface area contributed by atoms with Gasteiger partial charge in [0.2, 0.25) is 0 Å². The van der Waals surface area contributed by atoms with Gasteiger partial charge in [-0.25, -0.2) is 4.39 Å². The third-order valence-electron chi connectivity index (χ3n) is 1.39. The molecule has 0 spiro atoms. The average molecular weight is 218 g/mol. The average Bonchev–Trinajstić information content (AvgIpc) is 2.04. The molecule has 0 saturated heterocycles. The van der Waals surface area contributed by atoms with E-state index in [1.54, 1.807) is 16.1 Å². The summed E-state index contributed by atoms with van der Waals surface area (Å²) < 4.78 is 14.6. The highest BCUT2D eigenvalue weighted by Crippen LogP contribution is 2.20. The van der Waals surface area contributed by atoms with E-state index in [1.165, 1.54) is 6.07 Å². The lowest BCUT2D eigenvalue weighted by atomic mass is 10.3.